The van der Waals surface area contributed by atoms with Crippen molar-refractivity contribution in [1.82, 2.24) is 9.97 Å². The summed E-state index contributed by atoms with van der Waals surface area (Å²) in [5.74, 6) is -1.20. The van der Waals surface area contributed by atoms with Crippen molar-refractivity contribution in [2.75, 3.05) is 5.73 Å². The zero-order valence-corrected chi connectivity index (χ0v) is 6.73. The van der Waals surface area contributed by atoms with E-state index in [0.29, 0.717) is 0 Å². The van der Waals surface area contributed by atoms with Crippen molar-refractivity contribution in [2.45, 2.75) is 6.61 Å². The summed E-state index contributed by atoms with van der Waals surface area (Å²) in [7, 11) is 0. The van der Waals surface area contributed by atoms with Crippen LogP contribution in [-0.2, 0) is 0 Å². The van der Waals surface area contributed by atoms with Gasteiger partial charge in [-0.15, -0.1) is 0 Å². The normalized spacial score (nSPS) is 10.5. The molecule has 0 spiro atoms. The third-order valence-electron chi connectivity index (χ3n) is 1.03. The van der Waals surface area contributed by atoms with E-state index in [1.165, 1.54) is 0 Å². The van der Waals surface area contributed by atoms with Crippen molar-refractivity contribution in [3.8, 4) is 6.01 Å². The summed E-state index contributed by atoms with van der Waals surface area (Å²) in [4.78, 5) is 6.05. The highest BCUT2D eigenvalue weighted by Crippen LogP contribution is 2.21. The third-order valence-corrected chi connectivity index (χ3v) is 1.31. The number of halogens is 4. The molecule has 0 bridgehead atoms. The smallest absolute Gasteiger partial charge is 0.389 e. The Morgan fingerprint density at radius 1 is 1.38 bits per heavy atom. The summed E-state index contributed by atoms with van der Waals surface area (Å²) < 4.78 is 39.5. The van der Waals surface area contributed by atoms with Gasteiger partial charge in [0.1, 0.15) is 5.69 Å². The number of nitrogens with two attached hydrogens (primary N) is 1. The van der Waals surface area contributed by atoms with Gasteiger partial charge in [0.05, 0.1) is 0 Å². The van der Waals surface area contributed by atoms with Crippen LogP contribution in [0.2, 0.25) is 5.15 Å². The number of hydrogen-bond donors (Lipinski definition) is 1. The van der Waals surface area contributed by atoms with E-state index in [2.05, 4.69) is 14.7 Å². The number of rotatable bonds is 2. The average Bonchev–Trinajstić information content (AvgIpc) is 1.98. The molecule has 0 aliphatic carbocycles. The summed E-state index contributed by atoms with van der Waals surface area (Å²) in [6.07, 6.45) is 0. The first kappa shape index (κ1) is 9.85. The highest BCUT2D eigenvalue weighted by Gasteiger charge is 2.13. The molecule has 0 saturated heterocycles. The Kier molecular flexibility index (Phi) is 2.76. The summed E-state index contributed by atoms with van der Waals surface area (Å²) in [6.45, 7) is -3.14. The summed E-state index contributed by atoms with van der Waals surface area (Å²) in [5, 5.41) is -0.469. The second-order valence-electron chi connectivity index (χ2n) is 1.88. The van der Waals surface area contributed by atoms with Crippen LogP contribution < -0.4 is 10.5 Å². The first-order chi connectivity index (χ1) is 6.00. The predicted octanol–water partition coefficient (Wildman–Crippen LogP) is 1.45. The number of anilines is 1. The number of nitrogen functional groups attached to an aromatic ring is 1. The summed E-state index contributed by atoms with van der Waals surface area (Å²) in [6, 6.07) is -0.855. The summed E-state index contributed by atoms with van der Waals surface area (Å²) in [5.41, 5.74) is 4.50. The van der Waals surface area contributed by atoms with E-state index >= 15 is 0 Å². The molecule has 0 aromatic carbocycles. The number of ether oxygens (including phenoxy) is 1. The van der Waals surface area contributed by atoms with E-state index in [1.807, 2.05) is 0 Å². The molecular weight excluding hydrogens is 211 g/mol. The van der Waals surface area contributed by atoms with Crippen molar-refractivity contribution in [1.29, 1.82) is 0 Å². The Labute approximate surface area is 75.5 Å². The number of aromatic nitrogens is 2. The average molecular weight is 214 g/mol. The molecule has 1 rings (SSSR count). The molecule has 0 saturated carbocycles. The number of alkyl halides is 2. The summed E-state index contributed by atoms with van der Waals surface area (Å²) >= 11 is 5.26. The van der Waals surface area contributed by atoms with Crippen molar-refractivity contribution in [2.24, 2.45) is 0 Å². The zero-order chi connectivity index (χ0) is 10.0. The van der Waals surface area contributed by atoms with E-state index < -0.39 is 29.4 Å². The van der Waals surface area contributed by atoms with Crippen LogP contribution in [0.5, 0.6) is 6.01 Å². The van der Waals surface area contributed by atoms with Crippen LogP contribution in [-0.4, -0.2) is 16.6 Å². The van der Waals surface area contributed by atoms with Crippen LogP contribution in [0.1, 0.15) is 0 Å². The fourth-order valence-corrected chi connectivity index (χ4v) is 0.681. The zero-order valence-electron chi connectivity index (χ0n) is 5.97. The molecule has 0 aliphatic heterocycles. The second kappa shape index (κ2) is 3.65. The quantitative estimate of drug-likeness (QED) is 0.756. The number of nitrogens with zero attached hydrogens (tertiary/aromatic N) is 2. The van der Waals surface area contributed by atoms with Gasteiger partial charge in [-0.05, 0) is 0 Å². The van der Waals surface area contributed by atoms with Gasteiger partial charge >= 0.3 is 12.6 Å². The highest BCUT2D eigenvalue weighted by atomic mass is 35.5. The van der Waals surface area contributed by atoms with Gasteiger partial charge in [0.15, 0.2) is 5.15 Å². The Morgan fingerprint density at radius 3 is 2.46 bits per heavy atom. The van der Waals surface area contributed by atoms with E-state index in [9.17, 15) is 13.2 Å². The monoisotopic (exact) mass is 213 g/mol. The van der Waals surface area contributed by atoms with Crippen LogP contribution in [0.15, 0.2) is 0 Å². The predicted molar refractivity (Wildman–Crippen MR) is 38.0 cm³/mol. The molecule has 4 nitrogen and oxygen atoms in total. The first-order valence-corrected chi connectivity index (χ1v) is 3.32. The Morgan fingerprint density at radius 2 is 2.00 bits per heavy atom. The van der Waals surface area contributed by atoms with Gasteiger partial charge in [-0.2, -0.15) is 23.1 Å². The molecule has 0 amide bonds. The van der Waals surface area contributed by atoms with Gasteiger partial charge in [0, 0.05) is 0 Å². The van der Waals surface area contributed by atoms with Crippen molar-refractivity contribution in [3.05, 3.63) is 11.1 Å². The lowest BCUT2D eigenvalue weighted by atomic mass is 10.5. The largest absolute Gasteiger partial charge is 0.401 e. The standard InChI is InChI=1S/C5H3ClF3N3O/c6-2-1(10)3(7)12-5(11-2)13-4(8)9/h4H,10H2. The van der Waals surface area contributed by atoms with Crippen molar-refractivity contribution >= 4 is 17.3 Å². The molecular formula is C5H3ClF3N3O. The lowest BCUT2D eigenvalue weighted by molar-refractivity contribution is -0.0564. The molecule has 2 N–H and O–H groups in total. The van der Waals surface area contributed by atoms with E-state index in [-0.39, 0.29) is 0 Å². The van der Waals surface area contributed by atoms with Gasteiger partial charge < -0.3 is 10.5 Å². The van der Waals surface area contributed by atoms with Crippen LogP contribution in [0, 0.1) is 5.95 Å². The molecule has 0 atom stereocenters. The Balaban J connectivity index is 2.99. The molecule has 1 aromatic rings. The lowest BCUT2D eigenvalue weighted by Gasteiger charge is -2.03. The topological polar surface area (TPSA) is 61.0 Å². The third kappa shape index (κ3) is 2.35. The second-order valence-corrected chi connectivity index (χ2v) is 2.24. The highest BCUT2D eigenvalue weighted by molar-refractivity contribution is 6.31. The van der Waals surface area contributed by atoms with Crippen LogP contribution in [0.4, 0.5) is 18.9 Å². The van der Waals surface area contributed by atoms with E-state index in [1.54, 1.807) is 0 Å². The van der Waals surface area contributed by atoms with Gasteiger partial charge in [-0.25, -0.2) is 0 Å². The maximum absolute atomic E-state index is 12.6. The lowest BCUT2D eigenvalue weighted by Crippen LogP contribution is -2.08. The maximum Gasteiger partial charge on any atom is 0.389 e. The van der Waals surface area contributed by atoms with Crippen molar-refractivity contribution < 1.29 is 17.9 Å². The molecule has 8 heteroatoms. The van der Waals surface area contributed by atoms with Gasteiger partial charge in [-0.3, -0.25) is 0 Å². The Bertz CT molecular complexity index is 299. The maximum atomic E-state index is 12.6. The van der Waals surface area contributed by atoms with Crippen LogP contribution >= 0.6 is 11.6 Å². The minimum absolute atomic E-state index is 0.469. The van der Waals surface area contributed by atoms with Gasteiger partial charge in [0.25, 0.3) is 0 Å². The number of hydrogen-bond acceptors (Lipinski definition) is 4. The molecule has 1 aromatic heterocycles. The van der Waals surface area contributed by atoms with Gasteiger partial charge in [0.2, 0.25) is 5.95 Å². The molecule has 13 heavy (non-hydrogen) atoms. The fraction of sp³-hybridized carbons (Fsp3) is 0.200. The van der Waals surface area contributed by atoms with Crippen LogP contribution in [0.3, 0.4) is 0 Å². The minimum Gasteiger partial charge on any atom is -0.401 e. The molecule has 0 aliphatic rings. The first-order valence-electron chi connectivity index (χ1n) is 2.94. The van der Waals surface area contributed by atoms with Crippen molar-refractivity contribution in [3.63, 3.8) is 0 Å². The SMILES string of the molecule is Nc1c(F)nc(OC(F)F)nc1Cl. The Hall–Kier alpha value is -1.24. The van der Waals surface area contributed by atoms with E-state index in [4.69, 9.17) is 17.3 Å². The molecule has 0 unspecified atom stereocenters. The molecule has 72 valence electrons. The van der Waals surface area contributed by atoms with E-state index in [0.717, 1.165) is 0 Å². The molecule has 0 radical (unpaired) electrons. The minimum atomic E-state index is -3.14. The molecule has 0 fully saturated rings. The van der Waals surface area contributed by atoms with Gasteiger partial charge in [-0.1, -0.05) is 11.6 Å². The fourth-order valence-electron chi connectivity index (χ4n) is 0.531. The van der Waals surface area contributed by atoms with Crippen LogP contribution in [0.25, 0.3) is 0 Å². The molecule has 1 heterocycles.